The fraction of sp³-hybridized carbons (Fsp3) is 0.536. The molecule has 0 aliphatic carbocycles. The first-order chi connectivity index (χ1) is 13.6. The SMILES string of the molecule is C=[N+](c1ccc(C(C)(C)C)cc1)C(C)CC(C)c1cccc(C(C)C)c1CCC. The van der Waals surface area contributed by atoms with Crippen LogP contribution in [0.4, 0.5) is 5.69 Å². The van der Waals surface area contributed by atoms with Gasteiger partial charge in [-0.05, 0) is 52.8 Å². The standard InChI is InChI=1S/C28H42N/c1-10-12-27-25(20(2)3)13-11-14-26(27)21(4)19-22(5)29(9)24-17-15-23(16-18-24)28(6,7)8/h11,13-18,20-22H,9-10,12,19H2,1-8H3/q+1. The lowest BCUT2D eigenvalue weighted by atomic mass is 9.84. The summed E-state index contributed by atoms with van der Waals surface area (Å²) in [7, 11) is 0. The quantitative estimate of drug-likeness (QED) is 0.316. The van der Waals surface area contributed by atoms with Crippen molar-refractivity contribution >= 4 is 12.4 Å². The second-order valence-corrected chi connectivity index (χ2v) is 10.1. The second kappa shape index (κ2) is 9.74. The molecule has 0 radical (unpaired) electrons. The third-order valence-electron chi connectivity index (χ3n) is 6.19. The van der Waals surface area contributed by atoms with Gasteiger partial charge >= 0.3 is 0 Å². The van der Waals surface area contributed by atoms with Crippen molar-refractivity contribution in [3.8, 4) is 0 Å². The molecular formula is C28H42N+. The summed E-state index contributed by atoms with van der Waals surface area (Å²) in [5, 5.41) is 0. The van der Waals surface area contributed by atoms with Gasteiger partial charge in [-0.25, -0.2) is 4.58 Å². The summed E-state index contributed by atoms with van der Waals surface area (Å²) in [6, 6.07) is 16.2. The van der Waals surface area contributed by atoms with Crippen LogP contribution in [-0.4, -0.2) is 17.3 Å². The molecule has 2 aromatic carbocycles. The minimum atomic E-state index is 0.182. The van der Waals surface area contributed by atoms with E-state index in [1.807, 2.05) is 0 Å². The predicted molar refractivity (Wildman–Crippen MR) is 129 cm³/mol. The highest BCUT2D eigenvalue weighted by Crippen LogP contribution is 2.32. The molecule has 0 aliphatic rings. The number of benzene rings is 2. The van der Waals surface area contributed by atoms with Gasteiger partial charge in [0.25, 0.3) is 0 Å². The van der Waals surface area contributed by atoms with Crippen LogP contribution in [0, 0.1) is 0 Å². The highest BCUT2D eigenvalue weighted by atomic mass is 15.0. The molecule has 2 unspecified atom stereocenters. The van der Waals surface area contributed by atoms with Crippen molar-refractivity contribution in [2.45, 2.75) is 97.9 Å². The van der Waals surface area contributed by atoms with Gasteiger partial charge in [0.2, 0.25) is 5.69 Å². The normalized spacial score (nSPS) is 14.1. The monoisotopic (exact) mass is 392 g/mol. The lowest BCUT2D eigenvalue weighted by Crippen LogP contribution is -2.20. The fourth-order valence-corrected chi connectivity index (χ4v) is 4.34. The van der Waals surface area contributed by atoms with Crippen molar-refractivity contribution in [1.82, 2.24) is 0 Å². The van der Waals surface area contributed by atoms with Crippen molar-refractivity contribution in [3.63, 3.8) is 0 Å². The minimum Gasteiger partial charge on any atom is -0.203 e. The molecule has 0 spiro atoms. The van der Waals surface area contributed by atoms with Crippen molar-refractivity contribution in [2.24, 2.45) is 0 Å². The van der Waals surface area contributed by atoms with Crippen molar-refractivity contribution in [2.75, 3.05) is 0 Å². The molecule has 2 rings (SSSR count). The van der Waals surface area contributed by atoms with Gasteiger partial charge in [-0.2, -0.15) is 0 Å². The summed E-state index contributed by atoms with van der Waals surface area (Å²) in [5.74, 6) is 1.09. The average Bonchev–Trinajstić information content (AvgIpc) is 2.66. The number of nitrogens with zero attached hydrogens (tertiary/aromatic N) is 1. The Balaban J connectivity index is 2.19. The van der Waals surface area contributed by atoms with E-state index in [2.05, 4.69) is 109 Å². The zero-order valence-electron chi connectivity index (χ0n) is 20.0. The molecule has 0 amide bonds. The topological polar surface area (TPSA) is 3.01 Å². The van der Waals surface area contributed by atoms with Crippen LogP contribution in [0.15, 0.2) is 42.5 Å². The fourth-order valence-electron chi connectivity index (χ4n) is 4.34. The smallest absolute Gasteiger partial charge is 0.203 e. The highest BCUT2D eigenvalue weighted by molar-refractivity contribution is 5.40. The highest BCUT2D eigenvalue weighted by Gasteiger charge is 2.23. The molecule has 0 fully saturated rings. The van der Waals surface area contributed by atoms with Gasteiger partial charge in [-0.3, -0.25) is 0 Å². The molecule has 2 aromatic rings. The van der Waals surface area contributed by atoms with Gasteiger partial charge in [0.1, 0.15) is 6.72 Å². The summed E-state index contributed by atoms with van der Waals surface area (Å²) in [4.78, 5) is 0. The molecule has 29 heavy (non-hydrogen) atoms. The Hall–Kier alpha value is -1.89. The van der Waals surface area contributed by atoms with E-state index in [9.17, 15) is 0 Å². The Bertz CT molecular complexity index is 805. The third-order valence-corrected chi connectivity index (χ3v) is 6.19. The minimum absolute atomic E-state index is 0.182. The maximum atomic E-state index is 4.38. The van der Waals surface area contributed by atoms with E-state index < -0.39 is 0 Å². The average molecular weight is 393 g/mol. The van der Waals surface area contributed by atoms with Crippen LogP contribution >= 0.6 is 0 Å². The molecule has 0 N–H and O–H groups in total. The molecule has 1 heteroatoms. The van der Waals surface area contributed by atoms with Crippen LogP contribution < -0.4 is 0 Å². The lowest BCUT2D eigenvalue weighted by molar-refractivity contribution is -0.473. The lowest BCUT2D eigenvalue weighted by Gasteiger charge is -2.23. The number of hydrogen-bond acceptors (Lipinski definition) is 0. The van der Waals surface area contributed by atoms with E-state index in [4.69, 9.17) is 0 Å². The first-order valence-electron chi connectivity index (χ1n) is 11.4. The first-order valence-corrected chi connectivity index (χ1v) is 11.4. The van der Waals surface area contributed by atoms with Crippen LogP contribution in [0.5, 0.6) is 0 Å². The summed E-state index contributed by atoms with van der Waals surface area (Å²) < 4.78 is 2.19. The van der Waals surface area contributed by atoms with Crippen molar-refractivity contribution < 1.29 is 4.58 Å². The Morgan fingerprint density at radius 3 is 2.00 bits per heavy atom. The zero-order chi connectivity index (χ0) is 21.8. The van der Waals surface area contributed by atoms with Crippen LogP contribution in [0.25, 0.3) is 0 Å². The molecule has 158 valence electrons. The molecule has 0 saturated heterocycles. The van der Waals surface area contributed by atoms with Crippen LogP contribution in [0.1, 0.15) is 102 Å². The Morgan fingerprint density at radius 1 is 0.897 bits per heavy atom. The molecule has 0 bridgehead atoms. The Kier molecular flexibility index (Phi) is 7.86. The van der Waals surface area contributed by atoms with Crippen LogP contribution in [-0.2, 0) is 11.8 Å². The first kappa shape index (κ1) is 23.4. The maximum Gasteiger partial charge on any atom is 0.204 e. The summed E-state index contributed by atoms with van der Waals surface area (Å²) in [6.07, 6.45) is 3.47. The molecular weight excluding hydrogens is 350 g/mol. The van der Waals surface area contributed by atoms with E-state index in [1.54, 1.807) is 5.56 Å². The molecule has 0 saturated carbocycles. The molecule has 1 nitrogen and oxygen atoms in total. The Labute approximate surface area is 179 Å². The van der Waals surface area contributed by atoms with E-state index >= 15 is 0 Å². The molecule has 0 aromatic heterocycles. The van der Waals surface area contributed by atoms with E-state index in [0.29, 0.717) is 17.9 Å². The van der Waals surface area contributed by atoms with Gasteiger partial charge in [-0.15, -0.1) is 0 Å². The van der Waals surface area contributed by atoms with Gasteiger partial charge in [0.05, 0.1) is 0 Å². The molecule has 0 heterocycles. The van der Waals surface area contributed by atoms with Gasteiger partial charge in [-0.1, -0.05) is 85.2 Å². The summed E-state index contributed by atoms with van der Waals surface area (Å²) >= 11 is 0. The molecule has 0 aliphatic heterocycles. The molecule has 2 atom stereocenters. The van der Waals surface area contributed by atoms with Gasteiger partial charge in [0.15, 0.2) is 6.04 Å². The summed E-state index contributed by atoms with van der Waals surface area (Å²) in [6.45, 7) is 22.7. The summed E-state index contributed by atoms with van der Waals surface area (Å²) in [5.41, 5.74) is 7.37. The van der Waals surface area contributed by atoms with Gasteiger partial charge < -0.3 is 0 Å². The van der Waals surface area contributed by atoms with Gasteiger partial charge in [0, 0.05) is 18.6 Å². The number of hydrogen-bond donors (Lipinski definition) is 0. The largest absolute Gasteiger partial charge is 0.204 e. The van der Waals surface area contributed by atoms with E-state index in [-0.39, 0.29) is 5.41 Å². The Morgan fingerprint density at radius 2 is 1.48 bits per heavy atom. The maximum absolute atomic E-state index is 4.38. The number of rotatable bonds is 8. The van der Waals surface area contributed by atoms with Crippen LogP contribution in [0.3, 0.4) is 0 Å². The zero-order valence-corrected chi connectivity index (χ0v) is 20.0. The van der Waals surface area contributed by atoms with E-state index in [0.717, 1.165) is 6.42 Å². The van der Waals surface area contributed by atoms with Crippen molar-refractivity contribution in [1.29, 1.82) is 0 Å². The van der Waals surface area contributed by atoms with Crippen LogP contribution in [0.2, 0.25) is 0 Å². The second-order valence-electron chi connectivity index (χ2n) is 10.1. The van der Waals surface area contributed by atoms with E-state index in [1.165, 1.54) is 35.2 Å². The predicted octanol–water partition coefficient (Wildman–Crippen LogP) is 7.99. The van der Waals surface area contributed by atoms with Crippen molar-refractivity contribution in [3.05, 3.63) is 64.7 Å². The third kappa shape index (κ3) is 5.81.